The van der Waals surface area contributed by atoms with Gasteiger partial charge in [0.05, 0.1) is 11.4 Å². The lowest BCUT2D eigenvalue weighted by Gasteiger charge is -2.09. The van der Waals surface area contributed by atoms with Gasteiger partial charge < -0.3 is 16.5 Å². The van der Waals surface area contributed by atoms with E-state index in [0.29, 0.717) is 17.0 Å². The number of anilines is 1. The summed E-state index contributed by atoms with van der Waals surface area (Å²) in [5, 5.41) is 11.0. The predicted octanol–water partition coefficient (Wildman–Crippen LogP) is 2.41. The zero-order chi connectivity index (χ0) is 20.9. The molecule has 30 heavy (non-hydrogen) atoms. The van der Waals surface area contributed by atoms with Gasteiger partial charge in [-0.05, 0) is 6.07 Å². The largest absolute Gasteiger partial charge is 0.387 e. The van der Waals surface area contributed by atoms with E-state index in [0.717, 1.165) is 11.1 Å². The molecule has 1 aromatic heterocycles. The van der Waals surface area contributed by atoms with E-state index in [1.165, 1.54) is 18.7 Å². The number of para-hydroxylation sites is 1. The Hall–Kier alpha value is -4.20. The van der Waals surface area contributed by atoms with Gasteiger partial charge in [-0.15, -0.1) is 0 Å². The maximum atomic E-state index is 12.8. The Morgan fingerprint density at radius 1 is 1.07 bits per heavy atom. The Morgan fingerprint density at radius 2 is 1.77 bits per heavy atom. The number of fused-ring (bicyclic) bond motifs is 1. The number of benzene rings is 2. The summed E-state index contributed by atoms with van der Waals surface area (Å²) in [6.45, 7) is 0. The van der Waals surface area contributed by atoms with Crippen LogP contribution in [0.3, 0.4) is 0 Å². The molecule has 0 bridgehead atoms. The van der Waals surface area contributed by atoms with Crippen LogP contribution in [0, 0.1) is 5.41 Å². The van der Waals surface area contributed by atoms with Gasteiger partial charge in [0, 0.05) is 41.2 Å². The first-order valence-corrected chi connectivity index (χ1v) is 9.30. The van der Waals surface area contributed by atoms with Crippen molar-refractivity contribution in [1.82, 2.24) is 9.97 Å². The summed E-state index contributed by atoms with van der Waals surface area (Å²) >= 11 is 0. The Morgan fingerprint density at radius 3 is 2.53 bits per heavy atom. The maximum absolute atomic E-state index is 12.8. The van der Waals surface area contributed by atoms with Crippen LogP contribution < -0.4 is 11.1 Å². The molecule has 2 heterocycles. The molecule has 1 unspecified atom stereocenters. The number of nitrogens with zero attached hydrogens (tertiary/aromatic N) is 4. The molecule has 3 aromatic rings. The molecule has 2 aromatic carbocycles. The molecule has 1 aliphatic heterocycles. The molecule has 148 valence electrons. The molecule has 4 N–H and O–H groups in total. The van der Waals surface area contributed by atoms with E-state index in [9.17, 15) is 4.79 Å². The van der Waals surface area contributed by atoms with Crippen LogP contribution >= 0.6 is 0 Å². The number of hydrogen-bond acceptors (Lipinski definition) is 6. The zero-order valence-corrected chi connectivity index (χ0v) is 16.0. The van der Waals surface area contributed by atoms with Gasteiger partial charge in [0.2, 0.25) is 6.17 Å². The van der Waals surface area contributed by atoms with Crippen molar-refractivity contribution >= 4 is 28.9 Å². The van der Waals surface area contributed by atoms with E-state index in [1.54, 1.807) is 0 Å². The molecular formula is C22H19N7O. The van der Waals surface area contributed by atoms with Crippen LogP contribution in [0.1, 0.15) is 23.1 Å². The molecule has 0 fully saturated rings. The second-order valence-electron chi connectivity index (χ2n) is 6.66. The van der Waals surface area contributed by atoms with Gasteiger partial charge in [-0.25, -0.2) is 20.0 Å². The van der Waals surface area contributed by atoms with E-state index < -0.39 is 6.17 Å². The average Bonchev–Trinajstić information content (AvgIpc) is 2.91. The number of benzodiazepines with no additional fused rings is 1. The van der Waals surface area contributed by atoms with Crippen molar-refractivity contribution in [2.75, 3.05) is 5.32 Å². The number of rotatable bonds is 5. The van der Waals surface area contributed by atoms with Crippen molar-refractivity contribution in [3.63, 3.8) is 0 Å². The smallest absolute Gasteiger partial charge is 0.271 e. The minimum atomic E-state index is -1.06. The molecule has 8 heteroatoms. The summed E-state index contributed by atoms with van der Waals surface area (Å²) < 4.78 is 0. The summed E-state index contributed by atoms with van der Waals surface area (Å²) in [5.41, 5.74) is 9.81. The van der Waals surface area contributed by atoms with Gasteiger partial charge >= 0.3 is 0 Å². The highest BCUT2D eigenvalue weighted by atomic mass is 16.2. The van der Waals surface area contributed by atoms with Crippen molar-refractivity contribution in [1.29, 1.82) is 5.41 Å². The predicted molar refractivity (Wildman–Crippen MR) is 116 cm³/mol. The van der Waals surface area contributed by atoms with Crippen LogP contribution in [0.25, 0.3) is 0 Å². The fraction of sp³-hybridized carbons (Fsp3) is 0.0909. The number of amidine groups is 1. The number of carbonyl (C=O) groups excluding carboxylic acids is 1. The van der Waals surface area contributed by atoms with Crippen molar-refractivity contribution in [3.8, 4) is 0 Å². The third-order valence-corrected chi connectivity index (χ3v) is 4.53. The first-order valence-electron chi connectivity index (χ1n) is 9.30. The lowest BCUT2D eigenvalue weighted by molar-refractivity contribution is -0.117. The highest BCUT2D eigenvalue weighted by Crippen LogP contribution is 2.24. The molecule has 0 spiro atoms. The van der Waals surface area contributed by atoms with Crippen molar-refractivity contribution < 1.29 is 4.79 Å². The Bertz CT molecular complexity index is 1140. The fourth-order valence-electron chi connectivity index (χ4n) is 3.10. The molecule has 0 radical (unpaired) electrons. The van der Waals surface area contributed by atoms with Crippen LogP contribution in [0.4, 0.5) is 5.69 Å². The average molecular weight is 397 g/mol. The lowest BCUT2D eigenvalue weighted by Crippen LogP contribution is -2.28. The van der Waals surface area contributed by atoms with E-state index in [2.05, 4.69) is 25.3 Å². The first kappa shape index (κ1) is 19.1. The maximum Gasteiger partial charge on any atom is 0.271 e. The molecule has 4 rings (SSSR count). The number of aliphatic imine (C=N–C) groups is 2. The van der Waals surface area contributed by atoms with Gasteiger partial charge in [0.1, 0.15) is 12.2 Å². The molecule has 1 atom stereocenters. The highest BCUT2D eigenvalue weighted by molar-refractivity contribution is 6.20. The number of carbonyl (C=O) groups is 1. The van der Waals surface area contributed by atoms with Crippen molar-refractivity contribution in [3.05, 3.63) is 90.0 Å². The van der Waals surface area contributed by atoms with Crippen LogP contribution in [0.15, 0.2) is 83.3 Å². The summed E-state index contributed by atoms with van der Waals surface area (Å²) in [5.74, 6) is -0.253. The molecule has 0 saturated heterocycles. The molecule has 1 amide bonds. The number of nitrogens with two attached hydrogens (primary N) is 1. The van der Waals surface area contributed by atoms with Gasteiger partial charge in [-0.2, -0.15) is 0 Å². The van der Waals surface area contributed by atoms with E-state index in [4.69, 9.17) is 11.1 Å². The summed E-state index contributed by atoms with van der Waals surface area (Å²) in [4.78, 5) is 29.5. The van der Waals surface area contributed by atoms with Crippen LogP contribution in [-0.2, 0) is 4.79 Å². The minimum Gasteiger partial charge on any atom is -0.387 e. The van der Waals surface area contributed by atoms with Crippen molar-refractivity contribution in [2.24, 2.45) is 15.7 Å². The number of amides is 1. The van der Waals surface area contributed by atoms with E-state index in [1.807, 2.05) is 54.6 Å². The normalized spacial score (nSPS) is 16.1. The topological polar surface area (TPSA) is 129 Å². The molecular weight excluding hydrogens is 378 g/mol. The standard InChI is InChI=1S/C22H19N7O/c23-17(15-11-25-13-26-12-15)10-19(24)28-21-22(30)27-18-9-5-4-8-16(18)20(29-21)14-6-2-1-3-7-14/h1-9,11-13,21,23H,10H2,(H2,24,28)(H,27,30). The quantitative estimate of drug-likeness (QED) is 0.451. The monoisotopic (exact) mass is 397 g/mol. The Labute approximate surface area is 173 Å². The van der Waals surface area contributed by atoms with E-state index >= 15 is 0 Å². The molecule has 1 aliphatic rings. The van der Waals surface area contributed by atoms with Crippen LogP contribution in [-0.4, -0.2) is 39.3 Å². The third-order valence-electron chi connectivity index (χ3n) is 4.53. The first-order chi connectivity index (χ1) is 14.6. The summed E-state index contributed by atoms with van der Waals surface area (Å²) in [6.07, 6.45) is 3.45. The summed E-state index contributed by atoms with van der Waals surface area (Å²) in [6, 6.07) is 17.1. The number of nitrogens with one attached hydrogen (secondary N) is 2. The van der Waals surface area contributed by atoms with Gasteiger partial charge in [0.15, 0.2) is 0 Å². The van der Waals surface area contributed by atoms with Crippen LogP contribution in [0.5, 0.6) is 0 Å². The molecule has 0 saturated carbocycles. The highest BCUT2D eigenvalue weighted by Gasteiger charge is 2.25. The minimum absolute atomic E-state index is 0.0558. The van der Waals surface area contributed by atoms with Gasteiger partial charge in [0.25, 0.3) is 5.91 Å². The lowest BCUT2D eigenvalue weighted by atomic mass is 10.0. The van der Waals surface area contributed by atoms with Crippen molar-refractivity contribution in [2.45, 2.75) is 12.6 Å². The number of aromatic nitrogens is 2. The van der Waals surface area contributed by atoms with Gasteiger partial charge in [-0.3, -0.25) is 4.79 Å². The number of hydrogen-bond donors (Lipinski definition) is 3. The Balaban J connectivity index is 1.68. The third kappa shape index (κ3) is 4.12. The van der Waals surface area contributed by atoms with Gasteiger partial charge in [-0.1, -0.05) is 48.5 Å². The SMILES string of the molecule is N=C(CC(N)=NC1N=C(c2ccccc2)c2ccccc2NC1=O)c1cncnc1. The van der Waals surface area contributed by atoms with E-state index in [-0.39, 0.29) is 23.9 Å². The second-order valence-corrected chi connectivity index (χ2v) is 6.66. The van der Waals surface area contributed by atoms with Crippen LogP contribution in [0.2, 0.25) is 0 Å². The molecule has 8 nitrogen and oxygen atoms in total. The fourth-order valence-corrected chi connectivity index (χ4v) is 3.10. The molecule has 0 aliphatic carbocycles. The Kier molecular flexibility index (Phi) is 5.38. The second kappa shape index (κ2) is 8.44. The summed E-state index contributed by atoms with van der Waals surface area (Å²) in [7, 11) is 0. The zero-order valence-electron chi connectivity index (χ0n) is 16.0.